The van der Waals surface area contributed by atoms with Crippen molar-refractivity contribution in [2.75, 3.05) is 7.11 Å². The van der Waals surface area contributed by atoms with Crippen molar-refractivity contribution in [1.29, 1.82) is 0 Å². The highest BCUT2D eigenvalue weighted by Crippen LogP contribution is 2.14. The Hall–Kier alpha value is -2.66. The third-order valence-corrected chi connectivity index (χ3v) is 3.18. The normalized spacial score (nSPS) is 10.2. The number of esters is 1. The summed E-state index contributed by atoms with van der Waals surface area (Å²) in [4.78, 5) is 23.5. The quantitative estimate of drug-likeness (QED) is 0.830. The molecule has 0 aliphatic heterocycles. The molecule has 114 valence electrons. The summed E-state index contributed by atoms with van der Waals surface area (Å²) in [5, 5.41) is 0. The average Bonchev–Trinajstić information content (AvgIpc) is 2.53. The Morgan fingerprint density at radius 3 is 2.05 bits per heavy atom. The minimum absolute atomic E-state index is 0.0146. The molecule has 0 aliphatic carbocycles. The molecule has 0 heterocycles. The molecule has 2 aromatic carbocycles. The maximum absolute atomic E-state index is 12.2. The summed E-state index contributed by atoms with van der Waals surface area (Å²) in [7, 11) is 1.56. The van der Waals surface area contributed by atoms with Crippen molar-refractivity contribution in [2.24, 2.45) is 5.73 Å². The number of rotatable bonds is 6. The molecule has 1 amide bonds. The second kappa shape index (κ2) is 7.38. The number of amides is 1. The first-order chi connectivity index (χ1) is 10.6. The first-order valence-corrected chi connectivity index (χ1v) is 6.75. The Morgan fingerprint density at radius 2 is 1.45 bits per heavy atom. The van der Waals surface area contributed by atoms with Crippen LogP contribution >= 0.6 is 0 Å². The van der Waals surface area contributed by atoms with Crippen molar-refractivity contribution in [3.05, 3.63) is 70.8 Å². The molecule has 0 unspecified atom stereocenters. The van der Waals surface area contributed by atoms with E-state index in [-0.39, 0.29) is 6.61 Å². The summed E-state index contributed by atoms with van der Waals surface area (Å²) in [5.41, 5.74) is 7.42. The van der Waals surface area contributed by atoms with Crippen LogP contribution in [0, 0.1) is 0 Å². The fraction of sp³-hybridized carbons (Fsp3) is 0.176. The summed E-state index contributed by atoms with van der Waals surface area (Å²) in [6.45, 7) is 0.308. The van der Waals surface area contributed by atoms with Crippen LogP contribution in [0.5, 0.6) is 0 Å². The van der Waals surface area contributed by atoms with E-state index >= 15 is 0 Å². The minimum Gasteiger partial charge on any atom is -0.457 e. The van der Waals surface area contributed by atoms with Gasteiger partial charge in [0.2, 0.25) is 5.91 Å². The smallest absolute Gasteiger partial charge is 0.338 e. The number of hydrogen-bond acceptors (Lipinski definition) is 4. The molecule has 2 aromatic rings. The molecule has 5 nitrogen and oxygen atoms in total. The Morgan fingerprint density at radius 1 is 0.909 bits per heavy atom. The average molecular weight is 299 g/mol. The van der Waals surface area contributed by atoms with E-state index in [2.05, 4.69) is 0 Å². The van der Waals surface area contributed by atoms with Gasteiger partial charge in [0, 0.05) is 18.2 Å². The molecule has 2 N–H and O–H groups in total. The molecule has 2 rings (SSSR count). The zero-order chi connectivity index (χ0) is 15.9. The fourth-order valence-corrected chi connectivity index (χ4v) is 2.11. The van der Waals surface area contributed by atoms with E-state index in [9.17, 15) is 9.59 Å². The van der Waals surface area contributed by atoms with Gasteiger partial charge in [0.05, 0.1) is 12.2 Å². The van der Waals surface area contributed by atoms with Crippen LogP contribution in [0.25, 0.3) is 0 Å². The van der Waals surface area contributed by atoms with Gasteiger partial charge in [0.25, 0.3) is 0 Å². The topological polar surface area (TPSA) is 78.6 Å². The zero-order valence-electron chi connectivity index (χ0n) is 12.2. The number of benzene rings is 2. The van der Waals surface area contributed by atoms with Crippen LogP contribution < -0.4 is 5.73 Å². The molecule has 0 bridgehead atoms. The van der Waals surface area contributed by atoms with E-state index in [1.165, 1.54) is 0 Å². The molecule has 0 saturated carbocycles. The molecule has 0 fully saturated rings. The predicted octanol–water partition coefficient (Wildman–Crippen LogP) is 2.29. The van der Waals surface area contributed by atoms with Gasteiger partial charge in [-0.15, -0.1) is 0 Å². The van der Waals surface area contributed by atoms with Crippen LogP contribution in [0.3, 0.4) is 0 Å². The molecule has 0 spiro atoms. The summed E-state index contributed by atoms with van der Waals surface area (Å²) < 4.78 is 10.4. The summed E-state index contributed by atoms with van der Waals surface area (Å²) >= 11 is 0. The van der Waals surface area contributed by atoms with E-state index < -0.39 is 11.9 Å². The van der Waals surface area contributed by atoms with Crippen LogP contribution in [-0.4, -0.2) is 19.0 Å². The number of ether oxygens (including phenoxy) is 2. The summed E-state index contributed by atoms with van der Waals surface area (Å²) in [5.74, 6) is -1.02. The van der Waals surface area contributed by atoms with E-state index in [1.54, 1.807) is 49.6 Å². The van der Waals surface area contributed by atoms with Gasteiger partial charge >= 0.3 is 5.97 Å². The number of nitrogens with two attached hydrogens (primary N) is 1. The highest BCUT2D eigenvalue weighted by Gasteiger charge is 2.14. The van der Waals surface area contributed by atoms with Crippen molar-refractivity contribution >= 4 is 11.9 Å². The van der Waals surface area contributed by atoms with Gasteiger partial charge < -0.3 is 15.2 Å². The van der Waals surface area contributed by atoms with Gasteiger partial charge in [0.1, 0.15) is 6.61 Å². The minimum atomic E-state index is -0.550. The number of hydrogen-bond donors (Lipinski definition) is 1. The lowest BCUT2D eigenvalue weighted by molar-refractivity contribution is 0.0466. The maximum atomic E-state index is 12.2. The van der Waals surface area contributed by atoms with Gasteiger partial charge in [0.15, 0.2) is 0 Å². The van der Waals surface area contributed by atoms with Crippen LogP contribution in [-0.2, 0) is 22.7 Å². The molecule has 0 aliphatic rings. The molecule has 5 heteroatoms. The second-order valence-electron chi connectivity index (χ2n) is 4.69. The molecular formula is C17H17NO4. The van der Waals surface area contributed by atoms with E-state index in [4.69, 9.17) is 15.2 Å². The van der Waals surface area contributed by atoms with E-state index in [0.717, 1.165) is 5.56 Å². The van der Waals surface area contributed by atoms with E-state index in [1.807, 2.05) is 6.07 Å². The molecular weight excluding hydrogens is 282 g/mol. The van der Waals surface area contributed by atoms with Crippen LogP contribution in [0.4, 0.5) is 0 Å². The highest BCUT2D eigenvalue weighted by atomic mass is 16.5. The highest BCUT2D eigenvalue weighted by molar-refractivity contribution is 5.94. The van der Waals surface area contributed by atoms with Crippen molar-refractivity contribution in [1.82, 2.24) is 0 Å². The molecule has 0 saturated heterocycles. The third kappa shape index (κ3) is 3.71. The van der Waals surface area contributed by atoms with Gasteiger partial charge in [-0.1, -0.05) is 36.4 Å². The van der Waals surface area contributed by atoms with Gasteiger partial charge in [-0.2, -0.15) is 0 Å². The van der Waals surface area contributed by atoms with Gasteiger partial charge in [-0.05, 0) is 17.7 Å². The standard InChI is InChI=1S/C17H17NO4/c1-21-10-12-6-3-5-9-15(12)17(20)22-11-13-7-2-4-8-14(13)16(18)19/h2-9H,10-11H2,1H3,(H2,18,19). The number of primary amides is 1. The predicted molar refractivity (Wildman–Crippen MR) is 81.2 cm³/mol. The third-order valence-electron chi connectivity index (χ3n) is 3.18. The lowest BCUT2D eigenvalue weighted by Crippen LogP contribution is -2.15. The van der Waals surface area contributed by atoms with E-state index in [0.29, 0.717) is 23.3 Å². The van der Waals surface area contributed by atoms with Crippen LogP contribution in [0.2, 0.25) is 0 Å². The Kier molecular flexibility index (Phi) is 5.27. The maximum Gasteiger partial charge on any atom is 0.338 e. The fourth-order valence-electron chi connectivity index (χ4n) is 2.11. The largest absolute Gasteiger partial charge is 0.457 e. The SMILES string of the molecule is COCc1ccccc1C(=O)OCc1ccccc1C(N)=O. The van der Waals surface area contributed by atoms with Gasteiger partial charge in [-0.3, -0.25) is 4.79 Å². The lowest BCUT2D eigenvalue weighted by Gasteiger charge is -2.10. The molecule has 0 aromatic heterocycles. The van der Waals surface area contributed by atoms with Crippen molar-refractivity contribution in [3.63, 3.8) is 0 Å². The number of methoxy groups -OCH3 is 1. The second-order valence-corrected chi connectivity index (χ2v) is 4.69. The molecule has 0 atom stereocenters. The van der Waals surface area contributed by atoms with Crippen molar-refractivity contribution in [2.45, 2.75) is 13.2 Å². The zero-order valence-corrected chi connectivity index (χ0v) is 12.2. The number of carbonyl (C=O) groups excluding carboxylic acids is 2. The van der Waals surface area contributed by atoms with Crippen LogP contribution in [0.15, 0.2) is 48.5 Å². The first-order valence-electron chi connectivity index (χ1n) is 6.75. The Labute approximate surface area is 128 Å². The monoisotopic (exact) mass is 299 g/mol. The molecule has 22 heavy (non-hydrogen) atoms. The van der Waals surface area contributed by atoms with Gasteiger partial charge in [-0.25, -0.2) is 4.79 Å². The molecule has 0 radical (unpaired) electrons. The Bertz CT molecular complexity index is 682. The van der Waals surface area contributed by atoms with Crippen molar-refractivity contribution in [3.8, 4) is 0 Å². The lowest BCUT2D eigenvalue weighted by atomic mass is 10.1. The summed E-state index contributed by atoms with van der Waals surface area (Å²) in [6, 6.07) is 13.8. The Balaban J connectivity index is 2.13. The number of carbonyl (C=O) groups is 2. The van der Waals surface area contributed by atoms with Crippen molar-refractivity contribution < 1.29 is 19.1 Å². The van der Waals surface area contributed by atoms with Crippen LogP contribution in [0.1, 0.15) is 31.8 Å². The first kappa shape index (κ1) is 15.7. The summed E-state index contributed by atoms with van der Waals surface area (Å²) in [6.07, 6.45) is 0.